The van der Waals surface area contributed by atoms with Crippen LogP contribution in [0.4, 0.5) is 5.95 Å². The Hall–Kier alpha value is -2.14. The molecule has 1 fully saturated rings. The Morgan fingerprint density at radius 1 is 1.30 bits per heavy atom. The summed E-state index contributed by atoms with van der Waals surface area (Å²) in [5, 5.41) is 0.675. The van der Waals surface area contributed by atoms with E-state index in [1.54, 1.807) is 0 Å². The topological polar surface area (TPSA) is 49.3 Å². The SMILES string of the molecule is CC(C)C(=O)N1CCCC[C@@H]1c1nc(N(C)C)ncc1-c1cccc(Cl)c1. The van der Waals surface area contributed by atoms with Crippen molar-refractivity contribution >= 4 is 23.5 Å². The summed E-state index contributed by atoms with van der Waals surface area (Å²) in [5.41, 5.74) is 2.83. The molecule has 1 aliphatic heterocycles. The third kappa shape index (κ3) is 4.24. The minimum absolute atomic E-state index is 0.0321. The van der Waals surface area contributed by atoms with E-state index in [2.05, 4.69) is 4.98 Å². The van der Waals surface area contributed by atoms with Crippen LogP contribution in [-0.2, 0) is 4.79 Å². The van der Waals surface area contributed by atoms with Gasteiger partial charge in [-0.2, -0.15) is 0 Å². The van der Waals surface area contributed by atoms with Crippen molar-refractivity contribution < 1.29 is 4.79 Å². The fourth-order valence-electron chi connectivity index (χ4n) is 3.54. The first-order valence-electron chi connectivity index (χ1n) is 9.49. The van der Waals surface area contributed by atoms with Crippen LogP contribution in [0.5, 0.6) is 0 Å². The Bertz CT molecular complexity index is 822. The first kappa shape index (κ1) is 19.6. The van der Waals surface area contributed by atoms with E-state index in [0.29, 0.717) is 11.0 Å². The molecule has 0 spiro atoms. The van der Waals surface area contributed by atoms with Crippen LogP contribution in [0.25, 0.3) is 11.1 Å². The minimum Gasteiger partial charge on any atom is -0.347 e. The van der Waals surface area contributed by atoms with Crippen LogP contribution in [0.1, 0.15) is 44.8 Å². The van der Waals surface area contributed by atoms with Crippen LogP contribution in [0.2, 0.25) is 5.02 Å². The number of nitrogens with zero attached hydrogens (tertiary/aromatic N) is 4. The molecule has 0 radical (unpaired) electrons. The first-order valence-corrected chi connectivity index (χ1v) is 9.87. The van der Waals surface area contributed by atoms with Crippen molar-refractivity contribution in [3.05, 3.63) is 41.2 Å². The van der Waals surface area contributed by atoms with Gasteiger partial charge in [0.05, 0.1) is 11.7 Å². The number of piperidine rings is 1. The molecule has 1 aliphatic rings. The molecule has 0 saturated carbocycles. The van der Waals surface area contributed by atoms with E-state index in [1.165, 1.54) is 0 Å². The second kappa shape index (κ2) is 8.26. The lowest BCUT2D eigenvalue weighted by molar-refractivity contribution is -0.138. The number of hydrogen-bond donors (Lipinski definition) is 0. The maximum Gasteiger partial charge on any atom is 0.225 e. The van der Waals surface area contributed by atoms with E-state index in [9.17, 15) is 4.79 Å². The van der Waals surface area contributed by atoms with Crippen LogP contribution >= 0.6 is 11.6 Å². The van der Waals surface area contributed by atoms with Gasteiger partial charge in [-0.1, -0.05) is 37.6 Å². The van der Waals surface area contributed by atoms with E-state index in [0.717, 1.165) is 42.6 Å². The largest absolute Gasteiger partial charge is 0.347 e. The Morgan fingerprint density at radius 3 is 2.74 bits per heavy atom. The molecule has 2 heterocycles. The van der Waals surface area contributed by atoms with Gasteiger partial charge < -0.3 is 9.80 Å². The van der Waals surface area contributed by atoms with E-state index < -0.39 is 0 Å². The number of aromatic nitrogens is 2. The summed E-state index contributed by atoms with van der Waals surface area (Å²) in [7, 11) is 3.85. The predicted molar refractivity (Wildman–Crippen MR) is 110 cm³/mol. The highest BCUT2D eigenvalue weighted by atomic mass is 35.5. The van der Waals surface area contributed by atoms with Crippen LogP contribution in [0.15, 0.2) is 30.5 Å². The number of carbonyl (C=O) groups is 1. The highest BCUT2D eigenvalue weighted by molar-refractivity contribution is 6.30. The molecule has 1 atom stereocenters. The Balaban J connectivity index is 2.13. The van der Waals surface area contributed by atoms with Crippen LogP contribution in [-0.4, -0.2) is 41.4 Å². The number of anilines is 1. The van der Waals surface area contributed by atoms with Crippen LogP contribution < -0.4 is 4.90 Å². The molecule has 0 aliphatic carbocycles. The van der Waals surface area contributed by atoms with Gasteiger partial charge in [-0.3, -0.25) is 4.79 Å². The van der Waals surface area contributed by atoms with E-state index in [-0.39, 0.29) is 17.9 Å². The summed E-state index contributed by atoms with van der Waals surface area (Å²) in [6, 6.07) is 7.69. The third-order valence-corrected chi connectivity index (χ3v) is 5.17. The van der Waals surface area contributed by atoms with Gasteiger partial charge in [0.1, 0.15) is 0 Å². The maximum absolute atomic E-state index is 12.9. The van der Waals surface area contributed by atoms with Crippen molar-refractivity contribution in [1.29, 1.82) is 0 Å². The summed E-state index contributed by atoms with van der Waals surface area (Å²) in [6.45, 7) is 4.69. The van der Waals surface area contributed by atoms with E-state index >= 15 is 0 Å². The van der Waals surface area contributed by atoms with Crippen molar-refractivity contribution in [3.8, 4) is 11.1 Å². The number of carbonyl (C=O) groups excluding carboxylic acids is 1. The second-order valence-electron chi connectivity index (χ2n) is 7.57. The molecule has 0 bridgehead atoms. The molecular weight excluding hydrogens is 360 g/mol. The van der Waals surface area contributed by atoms with E-state index in [1.807, 2.05) is 68.2 Å². The third-order valence-electron chi connectivity index (χ3n) is 4.94. The quantitative estimate of drug-likeness (QED) is 0.772. The monoisotopic (exact) mass is 386 g/mol. The number of hydrogen-bond acceptors (Lipinski definition) is 4. The summed E-state index contributed by atoms with van der Waals surface area (Å²) < 4.78 is 0. The van der Waals surface area contributed by atoms with Gasteiger partial charge in [0.2, 0.25) is 11.9 Å². The molecule has 1 aromatic carbocycles. The molecule has 1 amide bonds. The molecule has 6 heteroatoms. The number of amides is 1. The Labute approximate surface area is 166 Å². The minimum atomic E-state index is -0.0377. The average molecular weight is 387 g/mol. The highest BCUT2D eigenvalue weighted by Crippen LogP contribution is 2.37. The molecule has 0 unspecified atom stereocenters. The number of halogens is 1. The molecule has 0 N–H and O–H groups in total. The molecule has 1 aromatic heterocycles. The lowest BCUT2D eigenvalue weighted by atomic mass is 9.93. The molecule has 3 rings (SSSR count). The number of benzene rings is 1. The number of likely N-dealkylation sites (tertiary alicyclic amines) is 1. The normalized spacial score (nSPS) is 17.3. The van der Waals surface area contributed by atoms with Gasteiger partial charge in [0, 0.05) is 43.3 Å². The molecular formula is C21H27ClN4O. The first-order chi connectivity index (χ1) is 12.9. The Morgan fingerprint density at radius 2 is 2.07 bits per heavy atom. The zero-order valence-electron chi connectivity index (χ0n) is 16.4. The predicted octanol–water partition coefficient (Wildman–Crippen LogP) is 4.57. The summed E-state index contributed by atoms with van der Waals surface area (Å²) in [4.78, 5) is 26.1. The lowest BCUT2D eigenvalue weighted by Crippen LogP contribution is -2.41. The maximum atomic E-state index is 12.9. The van der Waals surface area contributed by atoms with Gasteiger partial charge >= 0.3 is 0 Å². The van der Waals surface area contributed by atoms with Crippen LogP contribution in [0.3, 0.4) is 0 Å². The van der Waals surface area contributed by atoms with Gasteiger partial charge in [-0.25, -0.2) is 9.97 Å². The van der Waals surface area contributed by atoms with Crippen molar-refractivity contribution in [2.45, 2.75) is 39.2 Å². The molecule has 27 heavy (non-hydrogen) atoms. The summed E-state index contributed by atoms with van der Waals surface area (Å²) in [5.74, 6) is 0.801. The molecule has 5 nitrogen and oxygen atoms in total. The standard InChI is InChI=1S/C21H27ClN4O/c1-14(2)20(27)26-11-6-5-10-18(26)19-17(13-23-21(24-19)25(3)4)15-8-7-9-16(22)12-15/h7-9,12-14,18H,5-6,10-11H2,1-4H3/t18-/m1/s1. The van der Waals surface area contributed by atoms with E-state index in [4.69, 9.17) is 16.6 Å². The molecule has 144 valence electrons. The highest BCUT2D eigenvalue weighted by Gasteiger charge is 2.32. The zero-order chi connectivity index (χ0) is 19.6. The summed E-state index contributed by atoms with van der Waals surface area (Å²) >= 11 is 6.22. The number of rotatable bonds is 4. The van der Waals surface area contributed by atoms with Crippen molar-refractivity contribution in [3.63, 3.8) is 0 Å². The average Bonchev–Trinajstić information content (AvgIpc) is 2.66. The van der Waals surface area contributed by atoms with Crippen molar-refractivity contribution in [1.82, 2.24) is 14.9 Å². The van der Waals surface area contributed by atoms with Gasteiger partial charge in [0.25, 0.3) is 0 Å². The van der Waals surface area contributed by atoms with Gasteiger partial charge in [0.15, 0.2) is 0 Å². The fraction of sp³-hybridized carbons (Fsp3) is 0.476. The summed E-state index contributed by atoms with van der Waals surface area (Å²) in [6.07, 6.45) is 4.89. The van der Waals surface area contributed by atoms with Crippen molar-refractivity contribution in [2.75, 3.05) is 25.5 Å². The zero-order valence-corrected chi connectivity index (χ0v) is 17.2. The smallest absolute Gasteiger partial charge is 0.225 e. The van der Waals surface area contributed by atoms with Gasteiger partial charge in [-0.15, -0.1) is 0 Å². The lowest BCUT2D eigenvalue weighted by Gasteiger charge is -2.37. The fourth-order valence-corrected chi connectivity index (χ4v) is 3.73. The molecule has 1 saturated heterocycles. The molecule has 2 aromatic rings. The van der Waals surface area contributed by atoms with Gasteiger partial charge in [-0.05, 0) is 37.0 Å². The Kier molecular flexibility index (Phi) is 6.00. The van der Waals surface area contributed by atoms with Crippen molar-refractivity contribution in [2.24, 2.45) is 5.92 Å². The second-order valence-corrected chi connectivity index (χ2v) is 8.01. The van der Waals surface area contributed by atoms with Crippen LogP contribution in [0, 0.1) is 5.92 Å².